The van der Waals surface area contributed by atoms with Gasteiger partial charge in [0.05, 0.1) is 30.5 Å². The van der Waals surface area contributed by atoms with Crippen LogP contribution in [0.25, 0.3) is 0 Å². The summed E-state index contributed by atoms with van der Waals surface area (Å²) in [5.41, 5.74) is 0.791. The summed E-state index contributed by atoms with van der Waals surface area (Å²) < 4.78 is 1.96. The minimum Gasteiger partial charge on any atom is -0.354 e. The van der Waals surface area contributed by atoms with Crippen molar-refractivity contribution in [2.45, 2.75) is 57.5 Å². The molecule has 4 saturated carbocycles. The van der Waals surface area contributed by atoms with Crippen molar-refractivity contribution in [3.05, 3.63) is 40.6 Å². The lowest BCUT2D eigenvalue weighted by Crippen LogP contribution is -2.56. The maximum absolute atomic E-state index is 13.9. The first-order valence-corrected chi connectivity index (χ1v) is 12.6. The van der Waals surface area contributed by atoms with E-state index < -0.39 is 6.04 Å². The van der Waals surface area contributed by atoms with Gasteiger partial charge >= 0.3 is 0 Å². The van der Waals surface area contributed by atoms with Crippen LogP contribution in [0.15, 0.2) is 30.0 Å². The summed E-state index contributed by atoms with van der Waals surface area (Å²) in [4.78, 5) is 34.5. The molecule has 2 amide bonds. The normalized spacial score (nSPS) is 33.4. The van der Waals surface area contributed by atoms with Gasteiger partial charge in [-0.15, -0.1) is 11.3 Å². The third-order valence-electron chi connectivity index (χ3n) is 8.16. The maximum Gasteiger partial charge on any atom is 0.244 e. The molecule has 4 aliphatic carbocycles. The standard InChI is InChI=1S/C24H30N4O2S/c29-22(26-4-3-20-2-1-5-31-20)21-14-27(13-19-12-25-15-28(19)21)23(30)24-9-16-6-17(10-24)8-18(7-16)11-24/h1-2,5,12,15-18,21H,3-4,6-11,13-14H2,(H,26,29)/t16?,17?,18?,21-,24?/m0/s1. The van der Waals surface area contributed by atoms with Gasteiger partial charge in [0.1, 0.15) is 6.04 Å². The van der Waals surface area contributed by atoms with Crippen molar-refractivity contribution in [3.8, 4) is 0 Å². The van der Waals surface area contributed by atoms with Gasteiger partial charge in [0.15, 0.2) is 0 Å². The fourth-order valence-corrected chi connectivity index (χ4v) is 7.95. The average Bonchev–Trinajstić information content (AvgIpc) is 3.43. The Kier molecular flexibility index (Phi) is 4.70. The van der Waals surface area contributed by atoms with Crippen molar-refractivity contribution < 1.29 is 9.59 Å². The van der Waals surface area contributed by atoms with Crippen molar-refractivity contribution in [2.24, 2.45) is 23.2 Å². The molecule has 7 rings (SSSR count). The number of rotatable bonds is 5. The topological polar surface area (TPSA) is 67.2 Å². The predicted molar refractivity (Wildman–Crippen MR) is 118 cm³/mol. The van der Waals surface area contributed by atoms with Crippen LogP contribution >= 0.6 is 11.3 Å². The Bertz CT molecular complexity index is 946. The zero-order chi connectivity index (χ0) is 21.0. The Morgan fingerprint density at radius 3 is 2.58 bits per heavy atom. The largest absolute Gasteiger partial charge is 0.354 e. The number of nitrogens with zero attached hydrogens (tertiary/aromatic N) is 3. The number of nitrogens with one attached hydrogen (secondary N) is 1. The van der Waals surface area contributed by atoms with E-state index in [-0.39, 0.29) is 11.3 Å². The zero-order valence-corrected chi connectivity index (χ0v) is 18.7. The molecule has 0 aromatic carbocycles. The predicted octanol–water partition coefficient (Wildman–Crippen LogP) is 3.40. The fraction of sp³-hybridized carbons (Fsp3) is 0.625. The summed E-state index contributed by atoms with van der Waals surface area (Å²) in [5.74, 6) is 2.50. The molecule has 0 unspecified atom stereocenters. The van der Waals surface area contributed by atoms with Gasteiger partial charge in [0, 0.05) is 17.6 Å². The molecule has 0 saturated heterocycles. The van der Waals surface area contributed by atoms with Crippen molar-refractivity contribution in [3.63, 3.8) is 0 Å². The van der Waals surface area contributed by atoms with Gasteiger partial charge in [-0.1, -0.05) is 6.07 Å². The van der Waals surface area contributed by atoms with Crippen molar-refractivity contribution in [1.82, 2.24) is 19.8 Å². The first kappa shape index (κ1) is 19.5. The van der Waals surface area contributed by atoms with Gasteiger partial charge in [-0.25, -0.2) is 4.98 Å². The molecule has 3 heterocycles. The van der Waals surface area contributed by atoms with Gasteiger partial charge < -0.3 is 14.8 Å². The molecular formula is C24H30N4O2S. The van der Waals surface area contributed by atoms with Crippen LogP contribution < -0.4 is 5.32 Å². The molecule has 2 aromatic heterocycles. The third-order valence-corrected chi connectivity index (χ3v) is 9.10. The van der Waals surface area contributed by atoms with Crippen LogP contribution in [0.5, 0.6) is 0 Å². The molecule has 164 valence electrons. The SMILES string of the molecule is O=C(NCCc1cccs1)[C@@H]1CN(C(=O)C23CC4CC(CC(C4)C2)C3)Cc2cncn21. The molecule has 0 radical (unpaired) electrons. The summed E-state index contributed by atoms with van der Waals surface area (Å²) in [6, 6.07) is 3.74. The lowest BCUT2D eigenvalue weighted by atomic mass is 9.49. The molecule has 4 fully saturated rings. The van der Waals surface area contributed by atoms with E-state index in [2.05, 4.69) is 21.7 Å². The highest BCUT2D eigenvalue weighted by Crippen LogP contribution is 2.60. The van der Waals surface area contributed by atoms with Gasteiger partial charge in [0.25, 0.3) is 0 Å². The number of hydrogen-bond acceptors (Lipinski definition) is 4. The summed E-state index contributed by atoms with van der Waals surface area (Å²) >= 11 is 1.71. The summed E-state index contributed by atoms with van der Waals surface area (Å²) in [5, 5.41) is 5.16. The van der Waals surface area contributed by atoms with Crippen LogP contribution in [0.4, 0.5) is 0 Å². The Morgan fingerprint density at radius 1 is 1.16 bits per heavy atom. The highest BCUT2D eigenvalue weighted by Gasteiger charge is 2.56. The first-order chi connectivity index (χ1) is 15.1. The Balaban J connectivity index is 1.18. The third kappa shape index (κ3) is 3.41. The first-order valence-electron chi connectivity index (χ1n) is 11.7. The van der Waals surface area contributed by atoms with E-state index in [1.807, 2.05) is 21.7 Å². The second kappa shape index (κ2) is 7.47. The molecule has 2 aromatic rings. The molecule has 4 bridgehead atoms. The van der Waals surface area contributed by atoms with Crippen LogP contribution in [0.2, 0.25) is 0 Å². The number of carbonyl (C=O) groups is 2. The lowest BCUT2D eigenvalue weighted by molar-refractivity contribution is -0.160. The van der Waals surface area contributed by atoms with E-state index >= 15 is 0 Å². The minimum absolute atomic E-state index is 0.0150. The molecule has 6 nitrogen and oxygen atoms in total. The summed E-state index contributed by atoms with van der Waals surface area (Å²) in [7, 11) is 0. The number of hydrogen-bond donors (Lipinski definition) is 1. The van der Waals surface area contributed by atoms with E-state index in [4.69, 9.17) is 0 Å². The number of fused-ring (bicyclic) bond motifs is 1. The van der Waals surface area contributed by atoms with E-state index in [1.54, 1.807) is 17.7 Å². The van der Waals surface area contributed by atoms with Crippen molar-refractivity contribution >= 4 is 23.2 Å². The summed E-state index contributed by atoms with van der Waals surface area (Å²) in [6.45, 7) is 1.64. The highest BCUT2D eigenvalue weighted by atomic mass is 32.1. The van der Waals surface area contributed by atoms with Gasteiger partial charge in [-0.05, 0) is 74.1 Å². The molecule has 1 atom stereocenters. The molecular weight excluding hydrogens is 408 g/mol. The van der Waals surface area contributed by atoms with Gasteiger partial charge in [0.2, 0.25) is 11.8 Å². The van der Waals surface area contributed by atoms with Crippen LogP contribution in [0, 0.1) is 23.2 Å². The van der Waals surface area contributed by atoms with E-state index in [9.17, 15) is 9.59 Å². The monoisotopic (exact) mass is 438 g/mol. The van der Waals surface area contributed by atoms with Crippen LogP contribution in [0.1, 0.15) is 55.1 Å². The minimum atomic E-state index is -0.396. The molecule has 31 heavy (non-hydrogen) atoms. The molecule has 5 aliphatic rings. The number of carbonyl (C=O) groups excluding carboxylic acids is 2. The number of aromatic nitrogens is 2. The quantitative estimate of drug-likeness (QED) is 0.778. The van der Waals surface area contributed by atoms with Crippen LogP contribution in [0.3, 0.4) is 0 Å². The molecule has 1 aliphatic heterocycles. The van der Waals surface area contributed by atoms with Crippen LogP contribution in [-0.4, -0.2) is 39.4 Å². The molecule has 1 N–H and O–H groups in total. The van der Waals surface area contributed by atoms with Crippen molar-refractivity contribution in [1.29, 1.82) is 0 Å². The zero-order valence-electron chi connectivity index (χ0n) is 17.8. The fourth-order valence-electron chi connectivity index (χ4n) is 7.25. The molecule has 0 spiro atoms. The molecule has 7 heteroatoms. The van der Waals surface area contributed by atoms with E-state index in [0.717, 1.165) is 49.1 Å². The van der Waals surface area contributed by atoms with Gasteiger partial charge in [-0.3, -0.25) is 9.59 Å². The summed E-state index contributed by atoms with van der Waals surface area (Å²) in [6.07, 6.45) is 11.6. The van der Waals surface area contributed by atoms with E-state index in [1.165, 1.54) is 24.1 Å². The maximum atomic E-state index is 13.9. The highest BCUT2D eigenvalue weighted by molar-refractivity contribution is 7.09. The van der Waals surface area contributed by atoms with Crippen molar-refractivity contribution in [2.75, 3.05) is 13.1 Å². The smallest absolute Gasteiger partial charge is 0.244 e. The number of imidazole rings is 1. The second-order valence-corrected chi connectivity index (χ2v) is 11.3. The Morgan fingerprint density at radius 2 is 1.90 bits per heavy atom. The Labute approximate surface area is 187 Å². The Hall–Kier alpha value is -2.15. The number of thiophene rings is 1. The number of amides is 2. The van der Waals surface area contributed by atoms with Gasteiger partial charge in [-0.2, -0.15) is 0 Å². The lowest BCUT2D eigenvalue weighted by Gasteiger charge is -2.57. The average molecular weight is 439 g/mol. The second-order valence-electron chi connectivity index (χ2n) is 10.3. The van der Waals surface area contributed by atoms with E-state index in [0.29, 0.717) is 25.5 Å². The van der Waals surface area contributed by atoms with Crippen LogP contribution in [-0.2, 0) is 22.6 Å².